The number of anilines is 2. The molecule has 1 heterocycles. The molecule has 6 heteroatoms. The second-order valence-corrected chi connectivity index (χ2v) is 5.38. The minimum atomic E-state index is 0.0342. The summed E-state index contributed by atoms with van der Waals surface area (Å²) in [6, 6.07) is 1.77. The van der Waals surface area contributed by atoms with Gasteiger partial charge in [-0.2, -0.15) is 0 Å². The van der Waals surface area contributed by atoms with Gasteiger partial charge >= 0.3 is 0 Å². The fourth-order valence-electron chi connectivity index (χ4n) is 1.30. The maximum Gasteiger partial charge on any atom is 0.221 e. The first kappa shape index (κ1) is 14.8. The van der Waals surface area contributed by atoms with Crippen LogP contribution < -0.4 is 16.4 Å². The van der Waals surface area contributed by atoms with Crippen molar-refractivity contribution in [1.82, 2.24) is 10.3 Å². The van der Waals surface area contributed by atoms with Gasteiger partial charge < -0.3 is 16.4 Å². The monoisotopic (exact) mass is 314 g/mol. The number of carbonyl (C=O) groups excluding carboxylic acids is 1. The SMILES string of the molecule is CC(C)CNC(=O)CCNc1ncc(Br)cc1N. The van der Waals surface area contributed by atoms with Crippen molar-refractivity contribution in [3.63, 3.8) is 0 Å². The number of halogens is 1. The molecule has 0 fully saturated rings. The summed E-state index contributed by atoms with van der Waals surface area (Å²) in [6.07, 6.45) is 2.07. The van der Waals surface area contributed by atoms with Gasteiger partial charge in [0.1, 0.15) is 5.82 Å². The summed E-state index contributed by atoms with van der Waals surface area (Å²) in [5, 5.41) is 5.89. The highest BCUT2D eigenvalue weighted by molar-refractivity contribution is 9.10. The molecule has 0 spiro atoms. The number of nitrogens with one attached hydrogen (secondary N) is 2. The minimum Gasteiger partial charge on any atom is -0.396 e. The smallest absolute Gasteiger partial charge is 0.221 e. The molecular formula is C12H19BrN4O. The van der Waals surface area contributed by atoms with Gasteiger partial charge in [-0.3, -0.25) is 4.79 Å². The number of nitrogens with two attached hydrogens (primary N) is 1. The Balaban J connectivity index is 2.31. The molecule has 0 radical (unpaired) electrons. The van der Waals surface area contributed by atoms with E-state index in [1.165, 1.54) is 0 Å². The lowest BCUT2D eigenvalue weighted by Crippen LogP contribution is -2.28. The average Bonchev–Trinajstić information content (AvgIpc) is 2.29. The maximum atomic E-state index is 11.5. The maximum absolute atomic E-state index is 11.5. The number of rotatable bonds is 6. The van der Waals surface area contributed by atoms with Crippen molar-refractivity contribution in [2.24, 2.45) is 5.92 Å². The molecule has 18 heavy (non-hydrogen) atoms. The van der Waals surface area contributed by atoms with Gasteiger partial charge in [-0.15, -0.1) is 0 Å². The average molecular weight is 315 g/mol. The molecule has 1 aromatic rings. The first-order valence-corrected chi connectivity index (χ1v) is 6.70. The fraction of sp³-hybridized carbons (Fsp3) is 0.500. The number of pyridine rings is 1. The van der Waals surface area contributed by atoms with Crippen LogP contribution in [0.4, 0.5) is 11.5 Å². The summed E-state index contributed by atoms with van der Waals surface area (Å²) in [5.41, 5.74) is 6.34. The van der Waals surface area contributed by atoms with Gasteiger partial charge in [0.15, 0.2) is 0 Å². The molecule has 0 aliphatic heterocycles. The predicted octanol–water partition coefficient (Wildman–Crippen LogP) is 2.00. The number of nitrogens with zero attached hydrogens (tertiary/aromatic N) is 1. The third-order valence-corrected chi connectivity index (χ3v) is 2.67. The Bertz CT molecular complexity index is 409. The highest BCUT2D eigenvalue weighted by Gasteiger charge is 2.04. The van der Waals surface area contributed by atoms with Gasteiger partial charge in [-0.1, -0.05) is 13.8 Å². The number of amides is 1. The van der Waals surface area contributed by atoms with E-state index in [-0.39, 0.29) is 5.91 Å². The molecule has 0 saturated heterocycles. The number of nitrogen functional groups attached to an aromatic ring is 1. The summed E-state index contributed by atoms with van der Waals surface area (Å²) < 4.78 is 0.834. The van der Waals surface area contributed by atoms with E-state index in [0.29, 0.717) is 36.9 Å². The van der Waals surface area contributed by atoms with Crippen LogP contribution in [0.1, 0.15) is 20.3 Å². The molecular weight excluding hydrogens is 296 g/mol. The second kappa shape index (κ2) is 7.20. The van der Waals surface area contributed by atoms with E-state index in [9.17, 15) is 4.79 Å². The molecule has 1 aromatic heterocycles. The van der Waals surface area contributed by atoms with E-state index < -0.39 is 0 Å². The lowest BCUT2D eigenvalue weighted by Gasteiger charge is -2.10. The topological polar surface area (TPSA) is 80.0 Å². The van der Waals surface area contributed by atoms with E-state index >= 15 is 0 Å². The van der Waals surface area contributed by atoms with Crippen molar-refractivity contribution in [2.45, 2.75) is 20.3 Å². The van der Waals surface area contributed by atoms with Crippen LogP contribution in [0.3, 0.4) is 0 Å². The Morgan fingerprint density at radius 1 is 1.56 bits per heavy atom. The number of carbonyl (C=O) groups is 1. The van der Waals surface area contributed by atoms with E-state index in [1.54, 1.807) is 12.3 Å². The van der Waals surface area contributed by atoms with Crippen LogP contribution in [0.25, 0.3) is 0 Å². The van der Waals surface area contributed by atoms with Gasteiger partial charge in [0.05, 0.1) is 5.69 Å². The van der Waals surface area contributed by atoms with Crippen LogP contribution in [-0.4, -0.2) is 24.0 Å². The normalized spacial score (nSPS) is 10.4. The van der Waals surface area contributed by atoms with Crippen LogP contribution in [0.2, 0.25) is 0 Å². The zero-order valence-corrected chi connectivity index (χ0v) is 12.3. The molecule has 0 aliphatic carbocycles. The Kier molecular flexibility index (Phi) is 5.91. The van der Waals surface area contributed by atoms with Crippen LogP contribution in [0.5, 0.6) is 0 Å². The standard InChI is InChI=1S/C12H19BrN4O/c1-8(2)6-16-11(18)3-4-15-12-10(14)5-9(13)7-17-12/h5,7-8H,3-4,6,14H2,1-2H3,(H,15,17)(H,16,18). The van der Waals surface area contributed by atoms with Crippen molar-refractivity contribution >= 4 is 33.3 Å². The summed E-state index contributed by atoms with van der Waals surface area (Å²) in [7, 11) is 0. The molecule has 1 amide bonds. The van der Waals surface area contributed by atoms with Crippen molar-refractivity contribution in [2.75, 3.05) is 24.1 Å². The summed E-state index contributed by atoms with van der Waals surface area (Å²) in [5.74, 6) is 1.10. The van der Waals surface area contributed by atoms with Crippen LogP contribution in [0, 0.1) is 5.92 Å². The van der Waals surface area contributed by atoms with Gasteiger partial charge in [-0.25, -0.2) is 4.98 Å². The lowest BCUT2D eigenvalue weighted by atomic mass is 10.2. The first-order valence-electron chi connectivity index (χ1n) is 5.90. The molecule has 0 bridgehead atoms. The fourth-order valence-corrected chi connectivity index (χ4v) is 1.65. The molecule has 0 atom stereocenters. The molecule has 0 unspecified atom stereocenters. The summed E-state index contributed by atoms with van der Waals surface area (Å²) >= 11 is 3.29. The van der Waals surface area contributed by atoms with Crippen LogP contribution in [0.15, 0.2) is 16.7 Å². The molecule has 1 rings (SSSR count). The van der Waals surface area contributed by atoms with Crippen molar-refractivity contribution in [3.8, 4) is 0 Å². The Morgan fingerprint density at radius 3 is 2.89 bits per heavy atom. The second-order valence-electron chi connectivity index (χ2n) is 4.47. The van der Waals surface area contributed by atoms with Crippen LogP contribution in [-0.2, 0) is 4.79 Å². The Hall–Kier alpha value is -1.30. The van der Waals surface area contributed by atoms with Crippen molar-refractivity contribution in [1.29, 1.82) is 0 Å². The molecule has 4 N–H and O–H groups in total. The molecule has 0 aliphatic rings. The third-order valence-electron chi connectivity index (χ3n) is 2.24. The zero-order chi connectivity index (χ0) is 13.5. The van der Waals surface area contributed by atoms with Crippen LogP contribution >= 0.6 is 15.9 Å². The molecule has 0 aromatic carbocycles. The van der Waals surface area contributed by atoms with E-state index in [0.717, 1.165) is 4.47 Å². The van der Waals surface area contributed by atoms with Gasteiger partial charge in [0, 0.05) is 30.2 Å². The van der Waals surface area contributed by atoms with E-state index in [2.05, 4.69) is 45.4 Å². The quantitative estimate of drug-likeness (QED) is 0.750. The molecule has 5 nitrogen and oxygen atoms in total. The van der Waals surface area contributed by atoms with Gasteiger partial charge in [-0.05, 0) is 27.9 Å². The minimum absolute atomic E-state index is 0.0342. The predicted molar refractivity (Wildman–Crippen MR) is 77.3 cm³/mol. The first-order chi connectivity index (χ1) is 8.49. The number of hydrogen-bond donors (Lipinski definition) is 3. The van der Waals surface area contributed by atoms with Gasteiger partial charge in [0.2, 0.25) is 5.91 Å². The zero-order valence-electron chi connectivity index (χ0n) is 10.7. The van der Waals surface area contributed by atoms with E-state index in [4.69, 9.17) is 5.73 Å². The largest absolute Gasteiger partial charge is 0.396 e. The molecule has 100 valence electrons. The third kappa shape index (κ3) is 5.35. The van der Waals surface area contributed by atoms with Gasteiger partial charge in [0.25, 0.3) is 0 Å². The van der Waals surface area contributed by atoms with Crippen molar-refractivity contribution < 1.29 is 4.79 Å². The lowest BCUT2D eigenvalue weighted by molar-refractivity contribution is -0.120. The molecule has 0 saturated carbocycles. The summed E-state index contributed by atoms with van der Waals surface area (Å²) in [6.45, 7) is 5.34. The number of hydrogen-bond acceptors (Lipinski definition) is 4. The van der Waals surface area contributed by atoms with E-state index in [1.807, 2.05) is 0 Å². The Morgan fingerprint density at radius 2 is 2.28 bits per heavy atom. The highest BCUT2D eigenvalue weighted by atomic mass is 79.9. The highest BCUT2D eigenvalue weighted by Crippen LogP contribution is 2.19. The van der Waals surface area contributed by atoms with Crippen molar-refractivity contribution in [3.05, 3.63) is 16.7 Å². The number of aromatic nitrogens is 1. The Labute approximate surface area is 116 Å². The summed E-state index contributed by atoms with van der Waals surface area (Å²) in [4.78, 5) is 15.6.